The van der Waals surface area contributed by atoms with Crippen molar-refractivity contribution < 1.29 is 5.11 Å². The first-order chi connectivity index (χ1) is 8.20. The number of hydrogen-bond acceptors (Lipinski definition) is 4. The van der Waals surface area contributed by atoms with Gasteiger partial charge in [0.1, 0.15) is 0 Å². The maximum atomic E-state index is 11.9. The third-order valence-electron chi connectivity index (χ3n) is 2.53. The van der Waals surface area contributed by atoms with Gasteiger partial charge >= 0.3 is 5.69 Å². The first kappa shape index (κ1) is 13.7. The summed E-state index contributed by atoms with van der Waals surface area (Å²) < 4.78 is 2.69. The molecule has 0 unspecified atom stereocenters. The van der Waals surface area contributed by atoms with Crippen molar-refractivity contribution in [3.05, 3.63) is 33.1 Å². The van der Waals surface area contributed by atoms with Crippen LogP contribution in [0.15, 0.2) is 21.9 Å². The van der Waals surface area contributed by atoms with E-state index >= 15 is 0 Å². The maximum absolute atomic E-state index is 11.9. The van der Waals surface area contributed by atoms with E-state index in [-0.39, 0.29) is 17.9 Å². The Hall–Kier alpha value is -1.40. The second kappa shape index (κ2) is 7.03. The molecule has 0 aliphatic rings. The lowest BCUT2D eigenvalue weighted by atomic mass is 10.3. The molecular weight excluding hydrogens is 222 g/mol. The van der Waals surface area contributed by atoms with Gasteiger partial charge in [-0.3, -0.25) is 9.36 Å². The van der Waals surface area contributed by atoms with Gasteiger partial charge in [0.2, 0.25) is 0 Å². The minimum absolute atomic E-state index is 0.113. The van der Waals surface area contributed by atoms with Crippen molar-refractivity contribution in [2.45, 2.75) is 32.4 Å². The third-order valence-corrected chi connectivity index (χ3v) is 2.53. The summed E-state index contributed by atoms with van der Waals surface area (Å²) in [5, 5.41) is 8.67. The van der Waals surface area contributed by atoms with E-state index in [4.69, 9.17) is 10.8 Å². The standard InChI is InChI=1S/C11H19N3O3/c12-5-3-7-14-10(16)4-8-13(11(14)17)6-1-2-9-15/h4,8,15H,1-3,5-7,9,12H2. The average Bonchev–Trinajstić information content (AvgIpc) is 2.32. The fraction of sp³-hybridized carbons (Fsp3) is 0.636. The SMILES string of the molecule is NCCCn1c(=O)ccn(CCCCO)c1=O. The number of nitrogens with two attached hydrogens (primary N) is 1. The van der Waals surface area contributed by atoms with Crippen LogP contribution in [0.3, 0.4) is 0 Å². The molecule has 0 saturated carbocycles. The molecule has 0 aliphatic carbocycles. The van der Waals surface area contributed by atoms with Crippen LogP contribution < -0.4 is 17.0 Å². The molecule has 0 aliphatic heterocycles. The second-order valence-electron chi connectivity index (χ2n) is 3.85. The van der Waals surface area contributed by atoms with Crippen molar-refractivity contribution in [2.24, 2.45) is 5.73 Å². The smallest absolute Gasteiger partial charge is 0.330 e. The van der Waals surface area contributed by atoms with Gasteiger partial charge in [-0.15, -0.1) is 0 Å². The summed E-state index contributed by atoms with van der Waals surface area (Å²) >= 11 is 0. The fourth-order valence-corrected chi connectivity index (χ4v) is 1.58. The van der Waals surface area contributed by atoms with Gasteiger partial charge in [0.25, 0.3) is 5.56 Å². The van der Waals surface area contributed by atoms with E-state index in [0.717, 1.165) is 0 Å². The van der Waals surface area contributed by atoms with E-state index < -0.39 is 0 Å². The number of aliphatic hydroxyl groups excluding tert-OH is 1. The molecule has 0 bridgehead atoms. The lowest BCUT2D eigenvalue weighted by Gasteiger charge is -2.08. The van der Waals surface area contributed by atoms with Crippen LogP contribution in [0, 0.1) is 0 Å². The molecule has 0 aromatic carbocycles. The Bertz CT molecular complexity index is 450. The molecule has 6 nitrogen and oxygen atoms in total. The molecule has 1 aromatic heterocycles. The highest BCUT2D eigenvalue weighted by molar-refractivity contribution is 4.86. The number of aryl methyl sites for hydroxylation is 1. The highest BCUT2D eigenvalue weighted by Gasteiger charge is 2.04. The van der Waals surface area contributed by atoms with Crippen LogP contribution in [0.2, 0.25) is 0 Å². The number of nitrogens with zero attached hydrogens (tertiary/aromatic N) is 2. The molecule has 0 saturated heterocycles. The molecular formula is C11H19N3O3. The van der Waals surface area contributed by atoms with Crippen LogP contribution in [0.4, 0.5) is 0 Å². The quantitative estimate of drug-likeness (QED) is 0.607. The molecule has 0 radical (unpaired) electrons. The van der Waals surface area contributed by atoms with Crippen LogP contribution in [-0.4, -0.2) is 27.4 Å². The number of rotatable bonds is 7. The number of unbranched alkanes of at least 4 members (excludes halogenated alkanes) is 1. The van der Waals surface area contributed by atoms with E-state index in [1.165, 1.54) is 21.4 Å². The molecule has 6 heteroatoms. The lowest BCUT2D eigenvalue weighted by Crippen LogP contribution is -2.39. The van der Waals surface area contributed by atoms with Crippen molar-refractivity contribution in [3.63, 3.8) is 0 Å². The van der Waals surface area contributed by atoms with E-state index in [2.05, 4.69) is 0 Å². The largest absolute Gasteiger partial charge is 0.396 e. The highest BCUT2D eigenvalue weighted by atomic mass is 16.3. The molecule has 17 heavy (non-hydrogen) atoms. The average molecular weight is 241 g/mol. The van der Waals surface area contributed by atoms with E-state index in [9.17, 15) is 9.59 Å². The Balaban J connectivity index is 2.86. The van der Waals surface area contributed by atoms with Crippen LogP contribution in [0.1, 0.15) is 19.3 Å². The molecule has 0 amide bonds. The van der Waals surface area contributed by atoms with Crippen LogP contribution in [0.5, 0.6) is 0 Å². The monoisotopic (exact) mass is 241 g/mol. The Kier molecular flexibility index (Phi) is 5.65. The van der Waals surface area contributed by atoms with Gasteiger partial charge in [-0.05, 0) is 25.8 Å². The second-order valence-corrected chi connectivity index (χ2v) is 3.85. The minimum atomic E-state index is -0.302. The first-order valence-corrected chi connectivity index (χ1v) is 5.82. The molecule has 3 N–H and O–H groups in total. The van der Waals surface area contributed by atoms with Gasteiger partial charge in [-0.2, -0.15) is 0 Å². The predicted molar refractivity (Wildman–Crippen MR) is 65.0 cm³/mol. The summed E-state index contributed by atoms with van der Waals surface area (Å²) in [7, 11) is 0. The Morgan fingerprint density at radius 2 is 1.94 bits per heavy atom. The van der Waals surface area contributed by atoms with Gasteiger partial charge in [-0.25, -0.2) is 4.79 Å². The topological polar surface area (TPSA) is 90.2 Å². The van der Waals surface area contributed by atoms with Crippen molar-refractivity contribution in [1.82, 2.24) is 9.13 Å². The third kappa shape index (κ3) is 3.83. The van der Waals surface area contributed by atoms with Gasteiger partial charge in [0, 0.05) is 32.0 Å². The van der Waals surface area contributed by atoms with Crippen LogP contribution in [0.25, 0.3) is 0 Å². The summed E-state index contributed by atoms with van der Waals surface area (Å²) in [6.45, 7) is 1.43. The number of hydrogen-bond donors (Lipinski definition) is 2. The molecule has 0 fully saturated rings. The molecule has 1 heterocycles. The summed E-state index contributed by atoms with van der Waals surface area (Å²) in [5.41, 5.74) is 4.77. The van der Waals surface area contributed by atoms with Crippen molar-refractivity contribution >= 4 is 0 Å². The van der Waals surface area contributed by atoms with Crippen LogP contribution in [-0.2, 0) is 13.1 Å². The van der Waals surface area contributed by atoms with Gasteiger partial charge < -0.3 is 15.4 Å². The van der Waals surface area contributed by atoms with Gasteiger partial charge in [0.15, 0.2) is 0 Å². The summed E-state index contributed by atoms with van der Waals surface area (Å²) in [5.74, 6) is 0. The summed E-state index contributed by atoms with van der Waals surface area (Å²) in [6, 6.07) is 1.39. The predicted octanol–water partition coefficient (Wildman–Crippen LogP) is -0.869. The Labute approximate surface area is 99.3 Å². The van der Waals surface area contributed by atoms with E-state index in [0.29, 0.717) is 38.9 Å². The molecule has 0 atom stereocenters. The normalized spacial score (nSPS) is 10.7. The van der Waals surface area contributed by atoms with Crippen LogP contribution >= 0.6 is 0 Å². The zero-order valence-electron chi connectivity index (χ0n) is 9.84. The summed E-state index contributed by atoms with van der Waals surface area (Å²) in [4.78, 5) is 23.4. The fourth-order valence-electron chi connectivity index (χ4n) is 1.58. The van der Waals surface area contributed by atoms with Crippen molar-refractivity contribution in [1.29, 1.82) is 0 Å². The van der Waals surface area contributed by atoms with Gasteiger partial charge in [-0.1, -0.05) is 0 Å². The van der Waals surface area contributed by atoms with Crippen molar-refractivity contribution in [2.75, 3.05) is 13.2 Å². The van der Waals surface area contributed by atoms with Crippen molar-refractivity contribution in [3.8, 4) is 0 Å². The highest BCUT2D eigenvalue weighted by Crippen LogP contribution is 1.91. The zero-order chi connectivity index (χ0) is 12.7. The molecule has 0 spiro atoms. The zero-order valence-corrected chi connectivity index (χ0v) is 9.84. The lowest BCUT2D eigenvalue weighted by molar-refractivity contribution is 0.280. The van der Waals surface area contributed by atoms with Gasteiger partial charge in [0.05, 0.1) is 0 Å². The minimum Gasteiger partial charge on any atom is -0.396 e. The molecule has 96 valence electrons. The Morgan fingerprint density at radius 1 is 1.18 bits per heavy atom. The number of aliphatic hydroxyl groups is 1. The molecule has 1 aromatic rings. The van der Waals surface area contributed by atoms with E-state index in [1.807, 2.05) is 0 Å². The van der Waals surface area contributed by atoms with E-state index in [1.54, 1.807) is 0 Å². The summed E-state index contributed by atoms with van der Waals surface area (Å²) in [6.07, 6.45) is 3.47. The Morgan fingerprint density at radius 3 is 2.59 bits per heavy atom. The number of aromatic nitrogens is 2. The molecule has 1 rings (SSSR count). The first-order valence-electron chi connectivity index (χ1n) is 5.82. The maximum Gasteiger partial charge on any atom is 0.330 e.